The Bertz CT molecular complexity index is 522. The van der Waals surface area contributed by atoms with Crippen LogP contribution in [0.15, 0.2) is 28.8 Å². The molecule has 0 aliphatic heterocycles. The van der Waals surface area contributed by atoms with Gasteiger partial charge in [-0.2, -0.15) is 4.98 Å². The number of benzene rings is 1. The first kappa shape index (κ1) is 13.7. The summed E-state index contributed by atoms with van der Waals surface area (Å²) in [5.74, 6) is 1.00. The van der Waals surface area contributed by atoms with Gasteiger partial charge in [-0.3, -0.25) is 0 Å². The van der Waals surface area contributed by atoms with Gasteiger partial charge in [-0.05, 0) is 31.0 Å². The van der Waals surface area contributed by atoms with Crippen LogP contribution in [0.5, 0.6) is 0 Å². The summed E-state index contributed by atoms with van der Waals surface area (Å²) in [6.45, 7) is 3.97. The molecule has 1 aromatic carbocycles. The van der Waals surface area contributed by atoms with Gasteiger partial charge in [0.25, 0.3) is 0 Å². The van der Waals surface area contributed by atoms with Crippen LogP contribution in [0.25, 0.3) is 0 Å². The van der Waals surface area contributed by atoms with E-state index in [1.165, 1.54) is 12.1 Å². The minimum atomic E-state index is -0.249. The number of nitrogens with zero attached hydrogens (tertiary/aromatic N) is 2. The van der Waals surface area contributed by atoms with Crippen LogP contribution in [-0.2, 0) is 6.42 Å². The van der Waals surface area contributed by atoms with E-state index in [9.17, 15) is 4.39 Å². The second-order valence-corrected chi connectivity index (χ2v) is 4.73. The maximum atomic E-state index is 12.8. The van der Waals surface area contributed by atoms with Crippen molar-refractivity contribution in [3.05, 3.63) is 47.4 Å². The maximum absolute atomic E-state index is 12.8. The van der Waals surface area contributed by atoms with Crippen LogP contribution in [-0.4, -0.2) is 16.2 Å². The SMILES string of the molecule is CCC(c1nc(Cc2ccc(F)cc2)no1)C(C)N. The van der Waals surface area contributed by atoms with Crippen molar-refractivity contribution in [2.75, 3.05) is 0 Å². The molecule has 0 saturated carbocycles. The van der Waals surface area contributed by atoms with Crippen LogP contribution >= 0.6 is 0 Å². The van der Waals surface area contributed by atoms with Crippen molar-refractivity contribution >= 4 is 0 Å². The fourth-order valence-electron chi connectivity index (χ4n) is 2.05. The number of halogens is 1. The molecule has 0 aliphatic rings. The van der Waals surface area contributed by atoms with Crippen molar-refractivity contribution in [3.63, 3.8) is 0 Å². The topological polar surface area (TPSA) is 64.9 Å². The first-order chi connectivity index (χ1) is 9.10. The second kappa shape index (κ2) is 5.93. The lowest BCUT2D eigenvalue weighted by atomic mass is 9.99. The summed E-state index contributed by atoms with van der Waals surface area (Å²) in [5, 5.41) is 3.95. The molecule has 2 N–H and O–H groups in total. The molecular weight excluding hydrogens is 245 g/mol. The van der Waals surface area contributed by atoms with E-state index >= 15 is 0 Å². The van der Waals surface area contributed by atoms with Gasteiger partial charge in [-0.15, -0.1) is 0 Å². The van der Waals surface area contributed by atoms with E-state index in [-0.39, 0.29) is 17.8 Å². The predicted octanol–water partition coefficient (Wildman–Crippen LogP) is 2.64. The molecule has 1 aromatic heterocycles. The molecule has 0 radical (unpaired) electrons. The molecule has 2 rings (SSSR count). The molecule has 4 nitrogen and oxygen atoms in total. The molecule has 2 atom stereocenters. The molecule has 0 bridgehead atoms. The Morgan fingerprint density at radius 2 is 2.00 bits per heavy atom. The van der Waals surface area contributed by atoms with Gasteiger partial charge in [-0.1, -0.05) is 24.2 Å². The number of hydrogen-bond acceptors (Lipinski definition) is 4. The number of aromatic nitrogens is 2. The molecule has 0 fully saturated rings. The van der Waals surface area contributed by atoms with Gasteiger partial charge in [0.1, 0.15) is 5.82 Å². The van der Waals surface area contributed by atoms with E-state index < -0.39 is 0 Å². The summed E-state index contributed by atoms with van der Waals surface area (Å²) in [5.41, 5.74) is 6.84. The van der Waals surface area contributed by atoms with Crippen molar-refractivity contribution in [2.45, 2.75) is 38.6 Å². The van der Waals surface area contributed by atoms with Gasteiger partial charge in [0, 0.05) is 12.5 Å². The Kier molecular flexibility index (Phi) is 4.27. The van der Waals surface area contributed by atoms with Gasteiger partial charge in [-0.25, -0.2) is 4.39 Å². The maximum Gasteiger partial charge on any atom is 0.231 e. The smallest absolute Gasteiger partial charge is 0.231 e. The fourth-order valence-corrected chi connectivity index (χ4v) is 2.05. The lowest BCUT2D eigenvalue weighted by Crippen LogP contribution is -2.24. The molecule has 2 aromatic rings. The third-order valence-electron chi connectivity index (χ3n) is 3.15. The number of nitrogens with two attached hydrogens (primary N) is 1. The minimum absolute atomic E-state index is 0.0240. The van der Waals surface area contributed by atoms with Gasteiger partial charge in [0.05, 0.1) is 5.92 Å². The zero-order valence-corrected chi connectivity index (χ0v) is 11.1. The first-order valence-corrected chi connectivity index (χ1v) is 6.42. The highest BCUT2D eigenvalue weighted by Crippen LogP contribution is 2.21. The first-order valence-electron chi connectivity index (χ1n) is 6.42. The average molecular weight is 263 g/mol. The molecule has 102 valence electrons. The van der Waals surface area contributed by atoms with Crippen LogP contribution < -0.4 is 5.73 Å². The lowest BCUT2D eigenvalue weighted by Gasteiger charge is -2.13. The Hall–Kier alpha value is -1.75. The van der Waals surface area contributed by atoms with Crippen LogP contribution in [0.3, 0.4) is 0 Å². The highest BCUT2D eigenvalue weighted by atomic mass is 19.1. The van der Waals surface area contributed by atoms with E-state index in [1.54, 1.807) is 12.1 Å². The van der Waals surface area contributed by atoms with Crippen molar-refractivity contribution in [2.24, 2.45) is 5.73 Å². The molecule has 5 heteroatoms. The normalized spacial score (nSPS) is 14.3. The monoisotopic (exact) mass is 263 g/mol. The van der Waals surface area contributed by atoms with E-state index in [1.807, 2.05) is 13.8 Å². The Morgan fingerprint density at radius 1 is 1.32 bits per heavy atom. The Labute approximate surface area is 111 Å². The van der Waals surface area contributed by atoms with Gasteiger partial charge in [0.15, 0.2) is 5.82 Å². The summed E-state index contributed by atoms with van der Waals surface area (Å²) in [4.78, 5) is 4.37. The zero-order valence-electron chi connectivity index (χ0n) is 11.1. The highest BCUT2D eigenvalue weighted by Gasteiger charge is 2.21. The van der Waals surface area contributed by atoms with E-state index in [2.05, 4.69) is 10.1 Å². The molecule has 19 heavy (non-hydrogen) atoms. The van der Waals surface area contributed by atoms with Gasteiger partial charge >= 0.3 is 0 Å². The van der Waals surface area contributed by atoms with Crippen LogP contribution in [0.4, 0.5) is 4.39 Å². The molecule has 0 spiro atoms. The Balaban J connectivity index is 2.10. The third kappa shape index (κ3) is 3.38. The predicted molar refractivity (Wildman–Crippen MR) is 70.2 cm³/mol. The summed E-state index contributed by atoms with van der Waals surface area (Å²) in [7, 11) is 0. The van der Waals surface area contributed by atoms with Crippen LogP contribution in [0, 0.1) is 5.82 Å². The van der Waals surface area contributed by atoms with Gasteiger partial charge < -0.3 is 10.3 Å². The molecule has 2 unspecified atom stereocenters. The molecule has 1 heterocycles. The standard InChI is InChI=1S/C14H18FN3O/c1-3-12(9(2)16)14-17-13(18-19-14)8-10-4-6-11(15)7-5-10/h4-7,9,12H,3,8,16H2,1-2H3. The number of rotatable bonds is 5. The quantitative estimate of drug-likeness (QED) is 0.900. The van der Waals surface area contributed by atoms with Crippen LogP contribution in [0.2, 0.25) is 0 Å². The zero-order chi connectivity index (χ0) is 13.8. The van der Waals surface area contributed by atoms with Crippen molar-refractivity contribution in [1.29, 1.82) is 0 Å². The molecular formula is C14H18FN3O. The minimum Gasteiger partial charge on any atom is -0.339 e. The third-order valence-corrected chi connectivity index (χ3v) is 3.15. The average Bonchev–Trinajstić information content (AvgIpc) is 2.81. The summed E-state index contributed by atoms with van der Waals surface area (Å²) in [6.07, 6.45) is 1.38. The van der Waals surface area contributed by atoms with Gasteiger partial charge in [0.2, 0.25) is 5.89 Å². The largest absolute Gasteiger partial charge is 0.339 e. The van der Waals surface area contributed by atoms with E-state index in [0.29, 0.717) is 18.1 Å². The van der Waals surface area contributed by atoms with Crippen molar-refractivity contribution < 1.29 is 8.91 Å². The van der Waals surface area contributed by atoms with E-state index in [4.69, 9.17) is 10.3 Å². The summed E-state index contributed by atoms with van der Waals surface area (Å²) in [6, 6.07) is 6.26. The number of hydrogen-bond donors (Lipinski definition) is 1. The second-order valence-electron chi connectivity index (χ2n) is 4.73. The Morgan fingerprint density at radius 3 is 2.58 bits per heavy atom. The lowest BCUT2D eigenvalue weighted by molar-refractivity contribution is 0.331. The fraction of sp³-hybridized carbons (Fsp3) is 0.429. The molecule has 0 amide bonds. The highest BCUT2D eigenvalue weighted by molar-refractivity contribution is 5.19. The molecule has 0 aliphatic carbocycles. The van der Waals surface area contributed by atoms with Crippen molar-refractivity contribution in [1.82, 2.24) is 10.1 Å². The van der Waals surface area contributed by atoms with Crippen LogP contribution in [0.1, 0.15) is 43.5 Å². The molecule has 0 saturated heterocycles. The summed E-state index contributed by atoms with van der Waals surface area (Å²) >= 11 is 0. The van der Waals surface area contributed by atoms with E-state index in [0.717, 1.165) is 12.0 Å². The van der Waals surface area contributed by atoms with Crippen molar-refractivity contribution in [3.8, 4) is 0 Å². The summed E-state index contributed by atoms with van der Waals surface area (Å²) < 4.78 is 18.1.